The molecule has 0 spiro atoms. The molecule has 2 aromatic carbocycles. The fourth-order valence-corrected chi connectivity index (χ4v) is 3.67. The Kier molecular flexibility index (Phi) is 5.78. The van der Waals surface area contributed by atoms with Gasteiger partial charge in [-0.25, -0.2) is 4.98 Å². The van der Waals surface area contributed by atoms with Crippen LogP contribution in [0.3, 0.4) is 0 Å². The minimum atomic E-state index is -0.214. The van der Waals surface area contributed by atoms with E-state index in [1.54, 1.807) is 7.11 Å². The van der Waals surface area contributed by atoms with E-state index in [-0.39, 0.29) is 11.2 Å². The molecule has 1 heterocycles. The Balaban J connectivity index is 2.08. The van der Waals surface area contributed by atoms with Gasteiger partial charge in [0.05, 0.1) is 22.9 Å². The minimum Gasteiger partial charge on any atom is -0.497 e. The number of amides is 1. The second-order valence-electron chi connectivity index (χ2n) is 5.91. The highest BCUT2D eigenvalue weighted by Gasteiger charge is 2.16. The molecular formula is C21H22N2O2S. The van der Waals surface area contributed by atoms with Crippen molar-refractivity contribution in [1.29, 1.82) is 0 Å². The highest BCUT2D eigenvalue weighted by atomic mass is 32.2. The zero-order valence-corrected chi connectivity index (χ0v) is 16.0. The number of carbonyl (C=O) groups is 1. The Morgan fingerprint density at radius 3 is 2.65 bits per heavy atom. The van der Waals surface area contributed by atoms with Gasteiger partial charge in [0.1, 0.15) is 5.75 Å². The number of hydrogen-bond donors (Lipinski definition) is 1. The summed E-state index contributed by atoms with van der Waals surface area (Å²) in [5.74, 6) is 0.786. The molecule has 1 N–H and O–H groups in total. The number of rotatable bonds is 6. The maximum Gasteiger partial charge on any atom is 0.233 e. The number of thioether (sulfide) groups is 1. The number of methoxy groups -OCH3 is 1. The highest BCUT2D eigenvalue weighted by Crippen LogP contribution is 2.34. The topological polar surface area (TPSA) is 51.2 Å². The summed E-state index contributed by atoms with van der Waals surface area (Å²) < 4.78 is 5.35. The van der Waals surface area contributed by atoms with Gasteiger partial charge in [-0.15, -0.1) is 0 Å². The fourth-order valence-electron chi connectivity index (χ4n) is 2.78. The number of fused-ring (bicyclic) bond motifs is 1. The van der Waals surface area contributed by atoms with Gasteiger partial charge in [-0.3, -0.25) is 4.79 Å². The van der Waals surface area contributed by atoms with Crippen molar-refractivity contribution in [2.24, 2.45) is 0 Å². The highest BCUT2D eigenvalue weighted by molar-refractivity contribution is 8.00. The molecule has 0 radical (unpaired) electrons. The number of nitrogens with one attached hydrogen (secondary N) is 1. The normalized spacial score (nSPS) is 12.0. The molecule has 3 rings (SSSR count). The standard InChI is InChI=1S/C21H22N2O2S/c1-4-22-21(24)14(2)26-20-13-18(15-8-6-5-7-9-15)17-11-10-16(25-3)12-19(17)23-20/h5-14H,4H2,1-3H3,(H,22,24). The van der Waals surface area contributed by atoms with E-state index in [0.717, 1.165) is 32.8 Å². The van der Waals surface area contributed by atoms with E-state index in [1.807, 2.05) is 50.2 Å². The van der Waals surface area contributed by atoms with Crippen LogP contribution in [0.25, 0.3) is 22.0 Å². The number of carbonyl (C=O) groups excluding carboxylic acids is 1. The second-order valence-corrected chi connectivity index (χ2v) is 7.27. The molecular weight excluding hydrogens is 344 g/mol. The molecule has 4 nitrogen and oxygen atoms in total. The Morgan fingerprint density at radius 1 is 1.19 bits per heavy atom. The van der Waals surface area contributed by atoms with Gasteiger partial charge in [-0.2, -0.15) is 0 Å². The van der Waals surface area contributed by atoms with Crippen LogP contribution in [0.15, 0.2) is 59.6 Å². The van der Waals surface area contributed by atoms with E-state index in [9.17, 15) is 4.79 Å². The number of nitrogens with zero attached hydrogens (tertiary/aromatic N) is 1. The average Bonchev–Trinajstić information content (AvgIpc) is 2.67. The van der Waals surface area contributed by atoms with Crippen molar-refractivity contribution in [1.82, 2.24) is 10.3 Å². The number of pyridine rings is 1. The van der Waals surface area contributed by atoms with E-state index >= 15 is 0 Å². The molecule has 1 aromatic heterocycles. The molecule has 0 aliphatic heterocycles. The van der Waals surface area contributed by atoms with Gasteiger partial charge in [0, 0.05) is 18.0 Å². The molecule has 0 aliphatic rings. The third kappa shape index (κ3) is 3.99. The van der Waals surface area contributed by atoms with Gasteiger partial charge in [0.25, 0.3) is 0 Å². The zero-order chi connectivity index (χ0) is 18.5. The van der Waals surface area contributed by atoms with Gasteiger partial charge in [-0.05, 0) is 43.2 Å². The third-order valence-electron chi connectivity index (χ3n) is 4.10. The Morgan fingerprint density at radius 2 is 1.96 bits per heavy atom. The van der Waals surface area contributed by atoms with Crippen LogP contribution in [0, 0.1) is 0 Å². The van der Waals surface area contributed by atoms with Crippen molar-refractivity contribution in [2.75, 3.05) is 13.7 Å². The van der Waals surface area contributed by atoms with Gasteiger partial charge in [0.2, 0.25) is 5.91 Å². The minimum absolute atomic E-state index is 0.0197. The van der Waals surface area contributed by atoms with Gasteiger partial charge < -0.3 is 10.1 Å². The number of hydrogen-bond acceptors (Lipinski definition) is 4. The summed E-state index contributed by atoms with van der Waals surface area (Å²) in [4.78, 5) is 16.8. The van der Waals surface area contributed by atoms with Crippen molar-refractivity contribution in [3.63, 3.8) is 0 Å². The summed E-state index contributed by atoms with van der Waals surface area (Å²) >= 11 is 1.46. The maximum absolute atomic E-state index is 12.1. The van der Waals surface area contributed by atoms with Crippen LogP contribution >= 0.6 is 11.8 Å². The predicted molar refractivity (Wildman–Crippen MR) is 108 cm³/mol. The van der Waals surface area contributed by atoms with E-state index in [4.69, 9.17) is 9.72 Å². The van der Waals surface area contributed by atoms with Crippen LogP contribution in [0.2, 0.25) is 0 Å². The molecule has 0 bridgehead atoms. The monoisotopic (exact) mass is 366 g/mol. The molecule has 0 saturated carbocycles. The summed E-state index contributed by atoms with van der Waals surface area (Å²) in [5.41, 5.74) is 3.08. The van der Waals surface area contributed by atoms with Gasteiger partial charge in [-0.1, -0.05) is 42.1 Å². The summed E-state index contributed by atoms with van der Waals surface area (Å²) in [6, 6.07) is 18.2. The zero-order valence-electron chi connectivity index (χ0n) is 15.2. The Bertz CT molecular complexity index is 913. The molecule has 5 heteroatoms. The lowest BCUT2D eigenvalue weighted by atomic mass is 10.0. The fraction of sp³-hybridized carbons (Fsp3) is 0.238. The van der Waals surface area contributed by atoms with Crippen LogP contribution in [-0.4, -0.2) is 29.8 Å². The van der Waals surface area contributed by atoms with Crippen LogP contribution in [-0.2, 0) is 4.79 Å². The SMILES string of the molecule is CCNC(=O)C(C)Sc1cc(-c2ccccc2)c2ccc(OC)cc2n1. The van der Waals surface area contributed by atoms with Crippen molar-refractivity contribution >= 4 is 28.6 Å². The van der Waals surface area contributed by atoms with Gasteiger partial charge >= 0.3 is 0 Å². The number of aromatic nitrogens is 1. The van der Waals surface area contributed by atoms with E-state index in [0.29, 0.717) is 6.54 Å². The Labute approximate surface area is 158 Å². The first-order chi connectivity index (χ1) is 12.6. The molecule has 0 saturated heterocycles. The van der Waals surface area contributed by atoms with Crippen molar-refractivity contribution < 1.29 is 9.53 Å². The van der Waals surface area contributed by atoms with Crippen LogP contribution < -0.4 is 10.1 Å². The summed E-state index contributed by atoms with van der Waals surface area (Å²) in [5, 5.41) is 4.53. The lowest BCUT2D eigenvalue weighted by Crippen LogP contribution is -2.30. The molecule has 134 valence electrons. The summed E-state index contributed by atoms with van der Waals surface area (Å²) in [6.45, 7) is 4.44. The molecule has 3 aromatic rings. The van der Waals surface area contributed by atoms with Crippen LogP contribution in [0.4, 0.5) is 0 Å². The van der Waals surface area contributed by atoms with E-state index in [1.165, 1.54) is 11.8 Å². The van der Waals surface area contributed by atoms with Crippen LogP contribution in [0.5, 0.6) is 5.75 Å². The van der Waals surface area contributed by atoms with E-state index in [2.05, 4.69) is 23.5 Å². The first-order valence-corrected chi connectivity index (χ1v) is 9.49. The largest absolute Gasteiger partial charge is 0.497 e. The molecule has 26 heavy (non-hydrogen) atoms. The van der Waals surface area contributed by atoms with Gasteiger partial charge in [0.15, 0.2) is 0 Å². The van der Waals surface area contributed by atoms with E-state index < -0.39 is 0 Å². The molecule has 1 amide bonds. The molecule has 0 fully saturated rings. The molecule has 1 unspecified atom stereocenters. The summed E-state index contributed by atoms with van der Waals surface area (Å²) in [7, 11) is 1.65. The third-order valence-corrected chi connectivity index (χ3v) is 5.11. The lowest BCUT2D eigenvalue weighted by Gasteiger charge is -2.14. The second kappa shape index (κ2) is 8.23. The smallest absolute Gasteiger partial charge is 0.233 e. The average molecular weight is 366 g/mol. The lowest BCUT2D eigenvalue weighted by molar-refractivity contribution is -0.120. The number of benzene rings is 2. The predicted octanol–water partition coefficient (Wildman–Crippen LogP) is 4.53. The number of ether oxygens (including phenoxy) is 1. The maximum atomic E-state index is 12.1. The van der Waals surface area contributed by atoms with Crippen LogP contribution in [0.1, 0.15) is 13.8 Å². The molecule has 0 aliphatic carbocycles. The van der Waals surface area contributed by atoms with Crippen molar-refractivity contribution in [3.8, 4) is 16.9 Å². The quantitative estimate of drug-likeness (QED) is 0.651. The van der Waals surface area contributed by atoms with Crippen molar-refractivity contribution in [3.05, 3.63) is 54.6 Å². The first kappa shape index (κ1) is 18.3. The molecule has 1 atom stereocenters. The summed E-state index contributed by atoms with van der Waals surface area (Å²) in [6.07, 6.45) is 0. The van der Waals surface area contributed by atoms with Crippen molar-refractivity contribution in [2.45, 2.75) is 24.1 Å². The Hall–Kier alpha value is -2.53. The first-order valence-electron chi connectivity index (χ1n) is 8.61.